The lowest BCUT2D eigenvalue weighted by Crippen LogP contribution is -2.64. The van der Waals surface area contributed by atoms with Crippen LogP contribution in [0.3, 0.4) is 0 Å². The Morgan fingerprint density at radius 3 is 2.62 bits per heavy atom. The van der Waals surface area contributed by atoms with E-state index in [9.17, 15) is 14.4 Å². The third kappa shape index (κ3) is 4.72. The number of carbonyl (C=O) groups is 3. The molecule has 32 heavy (non-hydrogen) atoms. The molecule has 0 atom stereocenters. The van der Waals surface area contributed by atoms with Crippen molar-refractivity contribution in [2.45, 2.75) is 44.2 Å². The van der Waals surface area contributed by atoms with E-state index in [0.29, 0.717) is 64.0 Å². The number of aromatic amines is 1. The summed E-state index contributed by atoms with van der Waals surface area (Å²) >= 11 is 0. The number of fused-ring (bicyclic) bond motifs is 1. The molecule has 4 N–H and O–H groups in total. The topological polar surface area (TPSA) is 116 Å². The molecule has 9 heteroatoms. The highest BCUT2D eigenvalue weighted by molar-refractivity contribution is 6.01. The van der Waals surface area contributed by atoms with E-state index in [1.807, 2.05) is 24.4 Å². The summed E-state index contributed by atoms with van der Waals surface area (Å²) in [6.45, 7) is 4.54. The molecule has 172 valence electrons. The van der Waals surface area contributed by atoms with Crippen LogP contribution in [0, 0.1) is 0 Å². The number of amides is 3. The molecule has 3 heterocycles. The van der Waals surface area contributed by atoms with Gasteiger partial charge in [0.1, 0.15) is 5.54 Å². The van der Waals surface area contributed by atoms with Crippen molar-refractivity contribution in [1.82, 2.24) is 25.8 Å². The zero-order chi connectivity index (χ0) is 22.6. The fourth-order valence-electron chi connectivity index (χ4n) is 4.49. The Morgan fingerprint density at radius 2 is 1.91 bits per heavy atom. The molecule has 2 aliphatic rings. The highest BCUT2D eigenvalue weighted by Gasteiger charge is 2.42. The standard InChI is InChI=1S/C23H31N5O4/c1-2-32-22(31)28-13-6-18(7-14-28)26-21(30)23(8-11-24-12-9-23)27-20(29)17-3-4-19-16(15-17)5-10-25-19/h3-5,10,15,18,24-25H,2,6-9,11-14H2,1H3,(H,26,30)(H,27,29). The summed E-state index contributed by atoms with van der Waals surface area (Å²) < 4.78 is 5.06. The van der Waals surface area contributed by atoms with Crippen molar-refractivity contribution < 1.29 is 19.1 Å². The fraction of sp³-hybridized carbons (Fsp3) is 0.522. The van der Waals surface area contributed by atoms with Crippen molar-refractivity contribution in [3.8, 4) is 0 Å². The summed E-state index contributed by atoms with van der Waals surface area (Å²) in [7, 11) is 0. The first-order valence-electron chi connectivity index (χ1n) is 11.3. The number of likely N-dealkylation sites (tertiary alicyclic amines) is 1. The van der Waals surface area contributed by atoms with Crippen LogP contribution in [-0.2, 0) is 9.53 Å². The van der Waals surface area contributed by atoms with Crippen LogP contribution in [0.4, 0.5) is 4.79 Å². The summed E-state index contributed by atoms with van der Waals surface area (Å²) in [4.78, 5) is 43.2. The van der Waals surface area contributed by atoms with Crippen LogP contribution in [-0.4, -0.2) is 72.2 Å². The molecular formula is C23H31N5O4. The molecule has 0 bridgehead atoms. The van der Waals surface area contributed by atoms with Crippen LogP contribution in [0.2, 0.25) is 0 Å². The highest BCUT2D eigenvalue weighted by atomic mass is 16.6. The van der Waals surface area contributed by atoms with Crippen LogP contribution in [0.15, 0.2) is 30.5 Å². The number of hydrogen-bond acceptors (Lipinski definition) is 5. The van der Waals surface area contributed by atoms with Crippen LogP contribution in [0.25, 0.3) is 10.9 Å². The minimum atomic E-state index is -0.951. The van der Waals surface area contributed by atoms with Gasteiger partial charge in [0, 0.05) is 41.8 Å². The first kappa shape index (κ1) is 22.1. The number of hydrogen-bond donors (Lipinski definition) is 4. The first-order chi connectivity index (χ1) is 15.5. The molecule has 0 spiro atoms. The molecule has 9 nitrogen and oxygen atoms in total. The average molecular weight is 442 g/mol. The molecule has 0 aliphatic carbocycles. The Balaban J connectivity index is 1.41. The van der Waals surface area contributed by atoms with Crippen molar-refractivity contribution in [3.05, 3.63) is 36.0 Å². The Morgan fingerprint density at radius 1 is 1.16 bits per heavy atom. The SMILES string of the molecule is CCOC(=O)N1CCC(NC(=O)C2(NC(=O)c3ccc4[nH]ccc4c3)CCNCC2)CC1. The number of rotatable bonds is 5. The van der Waals surface area contributed by atoms with E-state index in [1.165, 1.54) is 0 Å². The van der Waals surface area contributed by atoms with Crippen LogP contribution >= 0.6 is 0 Å². The lowest BCUT2D eigenvalue weighted by molar-refractivity contribution is -0.129. The van der Waals surface area contributed by atoms with E-state index >= 15 is 0 Å². The molecule has 1 aromatic carbocycles. The van der Waals surface area contributed by atoms with E-state index in [-0.39, 0.29) is 23.9 Å². The summed E-state index contributed by atoms with van der Waals surface area (Å²) in [5.74, 6) is -0.396. The summed E-state index contributed by atoms with van der Waals surface area (Å²) in [6.07, 6.45) is 3.91. The molecular weight excluding hydrogens is 410 g/mol. The Bertz CT molecular complexity index is 974. The van der Waals surface area contributed by atoms with Gasteiger partial charge in [-0.25, -0.2) is 4.79 Å². The predicted octanol–water partition coefficient (Wildman–Crippen LogP) is 1.76. The normalized spacial score (nSPS) is 18.8. The maximum Gasteiger partial charge on any atom is 0.409 e. The smallest absolute Gasteiger partial charge is 0.409 e. The Labute approximate surface area is 187 Å². The molecule has 1 aromatic heterocycles. The van der Waals surface area contributed by atoms with Gasteiger partial charge in [-0.2, -0.15) is 0 Å². The zero-order valence-corrected chi connectivity index (χ0v) is 18.4. The van der Waals surface area contributed by atoms with Gasteiger partial charge in [0.15, 0.2) is 0 Å². The van der Waals surface area contributed by atoms with Crippen molar-refractivity contribution in [2.75, 3.05) is 32.8 Å². The highest BCUT2D eigenvalue weighted by Crippen LogP contribution is 2.22. The van der Waals surface area contributed by atoms with Crippen molar-refractivity contribution >= 4 is 28.8 Å². The van der Waals surface area contributed by atoms with Gasteiger partial charge < -0.3 is 30.6 Å². The third-order valence-corrected chi connectivity index (χ3v) is 6.42. The summed E-state index contributed by atoms with van der Waals surface area (Å²) in [5, 5.41) is 10.4. The molecule has 2 saturated heterocycles. The second-order valence-electron chi connectivity index (χ2n) is 8.50. The lowest BCUT2D eigenvalue weighted by Gasteiger charge is -2.39. The second-order valence-corrected chi connectivity index (χ2v) is 8.50. The number of aromatic nitrogens is 1. The minimum absolute atomic E-state index is 0.0342. The van der Waals surface area contributed by atoms with Gasteiger partial charge in [-0.1, -0.05) is 0 Å². The van der Waals surface area contributed by atoms with Crippen molar-refractivity contribution in [3.63, 3.8) is 0 Å². The number of H-pyrrole nitrogens is 1. The van der Waals surface area contributed by atoms with Gasteiger partial charge in [0.2, 0.25) is 5.91 Å². The molecule has 4 rings (SSSR count). The molecule has 2 aliphatic heterocycles. The largest absolute Gasteiger partial charge is 0.450 e. The van der Waals surface area contributed by atoms with Gasteiger partial charge in [0.25, 0.3) is 5.91 Å². The number of nitrogens with one attached hydrogen (secondary N) is 4. The maximum atomic E-state index is 13.4. The molecule has 2 aromatic rings. The minimum Gasteiger partial charge on any atom is -0.450 e. The fourth-order valence-corrected chi connectivity index (χ4v) is 4.49. The van der Waals surface area contributed by atoms with Crippen LogP contribution < -0.4 is 16.0 Å². The molecule has 3 amide bonds. The summed E-state index contributed by atoms with van der Waals surface area (Å²) in [6, 6.07) is 7.36. The van der Waals surface area contributed by atoms with E-state index in [4.69, 9.17) is 4.74 Å². The van der Waals surface area contributed by atoms with Crippen LogP contribution in [0.5, 0.6) is 0 Å². The predicted molar refractivity (Wildman–Crippen MR) is 120 cm³/mol. The molecule has 0 saturated carbocycles. The first-order valence-corrected chi connectivity index (χ1v) is 11.3. The number of benzene rings is 1. The molecule has 0 radical (unpaired) electrons. The monoisotopic (exact) mass is 441 g/mol. The number of carbonyl (C=O) groups excluding carboxylic acids is 3. The quantitative estimate of drug-likeness (QED) is 0.564. The van der Waals surface area contributed by atoms with Gasteiger partial charge in [-0.3, -0.25) is 9.59 Å². The van der Waals surface area contributed by atoms with Gasteiger partial charge in [-0.15, -0.1) is 0 Å². The van der Waals surface area contributed by atoms with Gasteiger partial charge >= 0.3 is 6.09 Å². The number of piperidine rings is 2. The van der Waals surface area contributed by atoms with E-state index in [0.717, 1.165) is 10.9 Å². The molecule has 2 fully saturated rings. The Kier molecular flexibility index (Phi) is 6.64. The number of ether oxygens (including phenoxy) is 1. The second kappa shape index (κ2) is 9.60. The maximum absolute atomic E-state index is 13.4. The van der Waals surface area contributed by atoms with E-state index in [1.54, 1.807) is 17.9 Å². The van der Waals surface area contributed by atoms with Crippen molar-refractivity contribution in [1.29, 1.82) is 0 Å². The third-order valence-electron chi connectivity index (χ3n) is 6.42. The van der Waals surface area contributed by atoms with E-state index < -0.39 is 5.54 Å². The van der Waals surface area contributed by atoms with E-state index in [2.05, 4.69) is 20.9 Å². The number of nitrogens with zero attached hydrogens (tertiary/aromatic N) is 1. The average Bonchev–Trinajstić information content (AvgIpc) is 3.28. The van der Waals surface area contributed by atoms with Crippen LogP contribution in [0.1, 0.15) is 43.0 Å². The van der Waals surface area contributed by atoms with Crippen molar-refractivity contribution in [2.24, 2.45) is 0 Å². The van der Waals surface area contributed by atoms with Gasteiger partial charge in [0.05, 0.1) is 6.61 Å². The molecule has 0 unspecified atom stereocenters. The zero-order valence-electron chi connectivity index (χ0n) is 18.4. The van der Waals surface area contributed by atoms with Gasteiger partial charge in [-0.05, 0) is 70.0 Å². The summed E-state index contributed by atoms with van der Waals surface area (Å²) in [5.41, 5.74) is 0.545. The lowest BCUT2D eigenvalue weighted by atomic mass is 9.86. The Hall–Kier alpha value is -3.07.